The summed E-state index contributed by atoms with van der Waals surface area (Å²) in [6, 6.07) is 10.6. The molecule has 0 aromatic heterocycles. The minimum Gasteiger partial charge on any atom is -0.406 e. The lowest BCUT2D eigenvalue weighted by molar-refractivity contribution is 0.229. The molecule has 1 atom stereocenters. The van der Waals surface area contributed by atoms with Crippen molar-refractivity contribution < 1.29 is 4.43 Å². The predicted molar refractivity (Wildman–Crippen MR) is 102 cm³/mol. The highest BCUT2D eigenvalue weighted by Gasteiger charge is 2.39. The molecule has 0 N–H and O–H groups in total. The van der Waals surface area contributed by atoms with Gasteiger partial charge in [-0.25, -0.2) is 0 Å². The molecule has 0 aliphatic heterocycles. The van der Waals surface area contributed by atoms with Gasteiger partial charge in [0.05, 0.1) is 6.10 Å². The molecule has 0 saturated heterocycles. The van der Waals surface area contributed by atoms with Crippen molar-refractivity contribution >= 4 is 8.32 Å². The molecule has 0 amide bonds. The Bertz CT molecular complexity index is 551. The molecular weight excluding hydrogens is 296 g/mol. The summed E-state index contributed by atoms with van der Waals surface area (Å²) in [5.74, 6) is 0. The van der Waals surface area contributed by atoms with E-state index in [-0.39, 0.29) is 11.1 Å². The van der Waals surface area contributed by atoms with Gasteiger partial charge in [-0.05, 0) is 61.0 Å². The largest absolute Gasteiger partial charge is 0.406 e. The molecule has 23 heavy (non-hydrogen) atoms. The van der Waals surface area contributed by atoms with Crippen molar-refractivity contribution in [1.29, 1.82) is 0 Å². The summed E-state index contributed by atoms with van der Waals surface area (Å²) in [6.07, 6.45) is 8.61. The van der Waals surface area contributed by atoms with E-state index < -0.39 is 8.32 Å². The summed E-state index contributed by atoms with van der Waals surface area (Å²) in [5.41, 5.74) is 6.29. The van der Waals surface area contributed by atoms with E-state index in [9.17, 15) is 0 Å². The SMILES string of the molecule is CC(C)(C)[Si](C)(C)O[C@@H](C=C=C1CCCCC1)c1ccccc1. The zero-order valence-electron chi connectivity index (χ0n) is 15.5. The zero-order chi connectivity index (χ0) is 16.9. The van der Waals surface area contributed by atoms with Crippen LogP contribution >= 0.6 is 0 Å². The molecule has 0 spiro atoms. The molecule has 0 unspecified atom stereocenters. The highest BCUT2D eigenvalue weighted by atomic mass is 28.4. The normalized spacial score (nSPS) is 17.5. The van der Waals surface area contributed by atoms with Crippen molar-refractivity contribution in [3.05, 3.63) is 53.3 Å². The Balaban J connectivity index is 2.28. The first-order valence-corrected chi connectivity index (χ1v) is 11.9. The first kappa shape index (κ1) is 18.3. The van der Waals surface area contributed by atoms with Gasteiger partial charge < -0.3 is 4.43 Å². The van der Waals surface area contributed by atoms with E-state index in [0.29, 0.717) is 0 Å². The molecule has 1 aliphatic rings. The summed E-state index contributed by atoms with van der Waals surface area (Å²) in [7, 11) is -1.82. The van der Waals surface area contributed by atoms with Gasteiger partial charge in [-0.1, -0.05) is 57.5 Å². The molecule has 0 radical (unpaired) electrons. The first-order valence-electron chi connectivity index (χ1n) is 8.97. The van der Waals surface area contributed by atoms with Crippen LogP contribution in [0.4, 0.5) is 0 Å². The Hall–Kier alpha value is -1.08. The average Bonchev–Trinajstić information content (AvgIpc) is 2.52. The van der Waals surface area contributed by atoms with Gasteiger partial charge in [-0.15, -0.1) is 5.73 Å². The average molecular weight is 329 g/mol. The van der Waals surface area contributed by atoms with Crippen LogP contribution in [0.2, 0.25) is 18.1 Å². The summed E-state index contributed by atoms with van der Waals surface area (Å²) in [5, 5.41) is 0.214. The van der Waals surface area contributed by atoms with Gasteiger partial charge in [0.25, 0.3) is 0 Å². The maximum absolute atomic E-state index is 6.69. The van der Waals surface area contributed by atoms with Gasteiger partial charge in [-0.2, -0.15) is 0 Å². The summed E-state index contributed by atoms with van der Waals surface area (Å²) >= 11 is 0. The second-order valence-electron chi connectivity index (χ2n) is 8.18. The minimum absolute atomic E-state index is 0.0199. The maximum Gasteiger partial charge on any atom is 0.193 e. The maximum atomic E-state index is 6.69. The van der Waals surface area contributed by atoms with Crippen molar-refractivity contribution in [2.45, 2.75) is 77.1 Å². The molecule has 2 heteroatoms. The minimum atomic E-state index is -1.82. The lowest BCUT2D eigenvalue weighted by Gasteiger charge is -2.38. The van der Waals surface area contributed by atoms with E-state index in [1.165, 1.54) is 43.2 Å². The van der Waals surface area contributed by atoms with Crippen molar-refractivity contribution in [3.63, 3.8) is 0 Å². The van der Waals surface area contributed by atoms with Crippen LogP contribution in [-0.4, -0.2) is 8.32 Å². The fourth-order valence-electron chi connectivity index (χ4n) is 2.65. The Morgan fingerprint density at radius 1 is 1.04 bits per heavy atom. The van der Waals surface area contributed by atoms with E-state index in [4.69, 9.17) is 4.43 Å². The van der Waals surface area contributed by atoms with Crippen molar-refractivity contribution in [2.75, 3.05) is 0 Å². The Morgan fingerprint density at radius 2 is 1.65 bits per heavy atom. The molecule has 1 aromatic carbocycles. The van der Waals surface area contributed by atoms with Crippen molar-refractivity contribution in [3.8, 4) is 0 Å². The van der Waals surface area contributed by atoms with Crippen molar-refractivity contribution in [2.24, 2.45) is 0 Å². The third-order valence-corrected chi connectivity index (χ3v) is 9.71. The van der Waals surface area contributed by atoms with Gasteiger partial charge in [0.2, 0.25) is 0 Å². The van der Waals surface area contributed by atoms with Crippen LogP contribution < -0.4 is 0 Å². The van der Waals surface area contributed by atoms with Crippen LogP contribution in [0.5, 0.6) is 0 Å². The highest BCUT2D eigenvalue weighted by Crippen LogP contribution is 2.40. The van der Waals surface area contributed by atoms with Crippen LogP contribution in [0, 0.1) is 0 Å². The van der Waals surface area contributed by atoms with Crippen LogP contribution in [0.25, 0.3) is 0 Å². The lowest BCUT2D eigenvalue weighted by atomic mass is 9.95. The molecule has 1 nitrogen and oxygen atoms in total. The monoisotopic (exact) mass is 328 g/mol. The lowest BCUT2D eigenvalue weighted by Crippen LogP contribution is -2.41. The van der Waals surface area contributed by atoms with Gasteiger partial charge in [-0.3, -0.25) is 0 Å². The molecular formula is C21H32OSi. The smallest absolute Gasteiger partial charge is 0.193 e. The second-order valence-corrected chi connectivity index (χ2v) is 12.9. The number of hydrogen-bond donors (Lipinski definition) is 0. The van der Waals surface area contributed by atoms with Gasteiger partial charge in [0, 0.05) is 0 Å². The van der Waals surface area contributed by atoms with Crippen LogP contribution in [0.15, 0.2) is 47.7 Å². The highest BCUT2D eigenvalue weighted by molar-refractivity contribution is 6.74. The van der Waals surface area contributed by atoms with E-state index >= 15 is 0 Å². The number of rotatable bonds is 4. The Kier molecular flexibility index (Phi) is 6.08. The topological polar surface area (TPSA) is 9.23 Å². The van der Waals surface area contributed by atoms with Gasteiger partial charge in [0.1, 0.15) is 0 Å². The van der Waals surface area contributed by atoms with E-state index in [2.05, 4.69) is 76.0 Å². The van der Waals surface area contributed by atoms with E-state index in [1.807, 2.05) is 0 Å². The fourth-order valence-corrected chi connectivity index (χ4v) is 3.84. The molecule has 1 aliphatic carbocycles. The number of hydrogen-bond acceptors (Lipinski definition) is 1. The van der Waals surface area contributed by atoms with Crippen molar-refractivity contribution in [1.82, 2.24) is 0 Å². The van der Waals surface area contributed by atoms with Gasteiger partial charge >= 0.3 is 0 Å². The second kappa shape index (κ2) is 7.66. The predicted octanol–water partition coefficient (Wildman–Crippen LogP) is 6.80. The summed E-state index contributed by atoms with van der Waals surface area (Å²) in [6.45, 7) is 11.5. The molecule has 0 heterocycles. The Morgan fingerprint density at radius 3 is 2.22 bits per heavy atom. The van der Waals surface area contributed by atoms with Gasteiger partial charge in [0.15, 0.2) is 8.32 Å². The molecule has 2 rings (SSSR count). The fraction of sp³-hybridized carbons (Fsp3) is 0.571. The molecule has 0 bridgehead atoms. The summed E-state index contributed by atoms with van der Waals surface area (Å²) in [4.78, 5) is 0. The van der Waals surface area contributed by atoms with Crippen LogP contribution in [0.1, 0.15) is 64.5 Å². The molecule has 1 aromatic rings. The third kappa shape index (κ3) is 5.21. The standard InChI is InChI=1S/C21H32OSi/c1-21(2,3)23(4,5)22-20(19-14-10-7-11-15-19)17-16-18-12-8-6-9-13-18/h7,10-11,14-15,17,20H,6,8-9,12-13H2,1-5H3/t20-/m0/s1. The quantitative estimate of drug-likeness (QED) is 0.436. The van der Waals surface area contributed by atoms with E-state index in [1.54, 1.807) is 0 Å². The van der Waals surface area contributed by atoms with Crippen LogP contribution in [0.3, 0.4) is 0 Å². The number of benzene rings is 1. The zero-order valence-corrected chi connectivity index (χ0v) is 16.5. The van der Waals surface area contributed by atoms with E-state index in [0.717, 1.165) is 0 Å². The first-order chi connectivity index (χ1) is 10.8. The summed E-state index contributed by atoms with van der Waals surface area (Å²) < 4.78 is 6.69. The molecule has 126 valence electrons. The molecule has 1 fully saturated rings. The Labute approximate surface area is 143 Å². The van der Waals surface area contributed by atoms with Crippen LogP contribution in [-0.2, 0) is 4.43 Å². The third-order valence-electron chi connectivity index (χ3n) is 5.25. The molecule has 1 saturated carbocycles.